The van der Waals surface area contributed by atoms with Gasteiger partial charge in [0.1, 0.15) is 5.52 Å². The summed E-state index contributed by atoms with van der Waals surface area (Å²) in [6.45, 7) is -0.0635. The highest BCUT2D eigenvalue weighted by Crippen LogP contribution is 2.28. The Morgan fingerprint density at radius 3 is 2.79 bits per heavy atom. The largest absolute Gasteiger partial charge is 0.481 e. The number of sulfonamides is 1. The maximum Gasteiger partial charge on any atom is 0.303 e. The van der Waals surface area contributed by atoms with Crippen LogP contribution in [0.25, 0.3) is 21.8 Å². The fraction of sp³-hybridized carbons (Fsp3) is 0.263. The summed E-state index contributed by atoms with van der Waals surface area (Å²) in [6, 6.07) is 4.47. The van der Waals surface area contributed by atoms with Gasteiger partial charge >= 0.3 is 5.97 Å². The molecule has 0 aliphatic carbocycles. The van der Waals surface area contributed by atoms with E-state index in [1.54, 1.807) is 12.3 Å². The van der Waals surface area contributed by atoms with Gasteiger partial charge in [0.05, 0.1) is 11.4 Å². The number of terminal acetylenes is 1. The molecule has 0 aliphatic heterocycles. The third-order valence-corrected chi connectivity index (χ3v) is 6.36. The third kappa shape index (κ3) is 3.52. The van der Waals surface area contributed by atoms with Crippen molar-refractivity contribution in [1.29, 1.82) is 0 Å². The van der Waals surface area contributed by atoms with E-state index in [2.05, 4.69) is 15.9 Å². The summed E-state index contributed by atoms with van der Waals surface area (Å²) in [5, 5.41) is 10.0. The Balaban J connectivity index is 2.18. The molecule has 0 radical (unpaired) electrons. The topological polar surface area (TPSA) is 123 Å². The SMILES string of the molecule is C#CCN(C)S(=O)(=O)c1ccc2[nH]c(=O)c3[nH]cc(CCCC(=O)O)c3c2c1. The van der Waals surface area contributed by atoms with Crippen LogP contribution in [0.2, 0.25) is 0 Å². The minimum Gasteiger partial charge on any atom is -0.481 e. The van der Waals surface area contributed by atoms with Crippen molar-refractivity contribution in [2.24, 2.45) is 0 Å². The van der Waals surface area contributed by atoms with Crippen molar-refractivity contribution < 1.29 is 18.3 Å². The van der Waals surface area contributed by atoms with Crippen LogP contribution in [0.1, 0.15) is 18.4 Å². The number of aliphatic carboxylic acids is 1. The number of fused-ring (bicyclic) bond motifs is 3. The lowest BCUT2D eigenvalue weighted by Crippen LogP contribution is -2.27. The molecule has 0 bridgehead atoms. The lowest BCUT2D eigenvalue weighted by Gasteiger charge is -2.15. The zero-order chi connectivity index (χ0) is 20.5. The number of pyridine rings is 1. The van der Waals surface area contributed by atoms with E-state index < -0.39 is 16.0 Å². The van der Waals surface area contributed by atoms with Gasteiger partial charge in [-0.15, -0.1) is 6.42 Å². The van der Waals surface area contributed by atoms with E-state index in [-0.39, 0.29) is 23.4 Å². The molecule has 3 N–H and O–H groups in total. The minimum absolute atomic E-state index is 0.00428. The maximum absolute atomic E-state index is 12.7. The summed E-state index contributed by atoms with van der Waals surface area (Å²) in [5.41, 5.74) is 1.26. The van der Waals surface area contributed by atoms with Crippen LogP contribution >= 0.6 is 0 Å². The first-order chi connectivity index (χ1) is 13.3. The highest BCUT2D eigenvalue weighted by molar-refractivity contribution is 7.89. The molecule has 146 valence electrons. The van der Waals surface area contributed by atoms with Gasteiger partial charge in [0.2, 0.25) is 10.0 Å². The molecule has 0 saturated carbocycles. The molecule has 0 amide bonds. The fourth-order valence-corrected chi connectivity index (χ4v) is 4.27. The average molecular weight is 401 g/mol. The van der Waals surface area contributed by atoms with Crippen molar-refractivity contribution in [2.75, 3.05) is 13.6 Å². The first-order valence-electron chi connectivity index (χ1n) is 8.53. The molecule has 8 nitrogen and oxygen atoms in total. The number of nitrogens with zero attached hydrogens (tertiary/aromatic N) is 1. The molecule has 0 atom stereocenters. The summed E-state index contributed by atoms with van der Waals surface area (Å²) in [5.74, 6) is 1.41. The molecular weight excluding hydrogens is 382 g/mol. The average Bonchev–Trinajstić information content (AvgIpc) is 3.06. The number of rotatable bonds is 7. The van der Waals surface area contributed by atoms with Gasteiger partial charge in [-0.3, -0.25) is 9.59 Å². The van der Waals surface area contributed by atoms with E-state index >= 15 is 0 Å². The number of carboxylic acids is 1. The van der Waals surface area contributed by atoms with E-state index in [0.717, 1.165) is 9.87 Å². The van der Waals surface area contributed by atoms with Crippen molar-refractivity contribution in [3.05, 3.63) is 40.3 Å². The van der Waals surface area contributed by atoms with Gasteiger partial charge in [0.25, 0.3) is 5.56 Å². The third-order valence-electron chi connectivity index (χ3n) is 4.56. The van der Waals surface area contributed by atoms with Crippen molar-refractivity contribution >= 4 is 37.8 Å². The van der Waals surface area contributed by atoms with Crippen LogP contribution in [0.4, 0.5) is 0 Å². The maximum atomic E-state index is 12.7. The molecule has 3 aromatic rings. The number of hydrogen-bond acceptors (Lipinski definition) is 4. The van der Waals surface area contributed by atoms with Crippen LogP contribution in [-0.4, -0.2) is 47.4 Å². The lowest BCUT2D eigenvalue weighted by atomic mass is 10.0. The summed E-state index contributed by atoms with van der Waals surface area (Å²) >= 11 is 0. The van der Waals surface area contributed by atoms with Crippen molar-refractivity contribution in [1.82, 2.24) is 14.3 Å². The predicted octanol–water partition coefficient (Wildman–Crippen LogP) is 1.67. The second-order valence-electron chi connectivity index (χ2n) is 6.44. The highest BCUT2D eigenvalue weighted by atomic mass is 32.2. The Labute approximate surface area is 161 Å². The number of carbonyl (C=O) groups is 1. The second kappa shape index (κ2) is 7.50. The summed E-state index contributed by atoms with van der Waals surface area (Å²) in [4.78, 5) is 28.8. The van der Waals surface area contributed by atoms with Crippen LogP contribution in [0, 0.1) is 12.3 Å². The number of aromatic amines is 2. The van der Waals surface area contributed by atoms with Crippen LogP contribution in [0.5, 0.6) is 0 Å². The number of aryl methyl sites for hydroxylation is 1. The van der Waals surface area contributed by atoms with E-state index in [0.29, 0.717) is 34.6 Å². The molecule has 0 aliphatic rings. The Bertz CT molecular complexity index is 1260. The van der Waals surface area contributed by atoms with Crippen molar-refractivity contribution in [3.8, 4) is 12.3 Å². The molecular formula is C19H19N3O5S. The standard InChI is InChI=1S/C19H19N3O5S/c1-3-9-22(2)28(26,27)13-7-8-15-14(10-13)17-12(5-4-6-16(23)24)11-20-18(17)19(25)21-15/h1,7-8,10-11,20H,4-6,9H2,2H3,(H,21,25)(H,23,24). The number of benzene rings is 1. The normalized spacial score (nSPS) is 11.9. The van der Waals surface area contributed by atoms with E-state index in [9.17, 15) is 18.0 Å². The fourth-order valence-electron chi connectivity index (χ4n) is 3.16. The summed E-state index contributed by atoms with van der Waals surface area (Å²) in [6.07, 6.45) is 7.73. The van der Waals surface area contributed by atoms with Crippen LogP contribution < -0.4 is 5.56 Å². The van der Waals surface area contributed by atoms with Gasteiger partial charge in [-0.05, 0) is 36.6 Å². The molecule has 0 fully saturated rings. The second-order valence-corrected chi connectivity index (χ2v) is 8.48. The molecule has 1 aromatic carbocycles. The zero-order valence-corrected chi connectivity index (χ0v) is 16.0. The molecule has 0 unspecified atom stereocenters. The van der Waals surface area contributed by atoms with Gasteiger partial charge in [-0.25, -0.2) is 8.42 Å². The van der Waals surface area contributed by atoms with E-state index in [1.165, 1.54) is 19.2 Å². The Morgan fingerprint density at radius 1 is 1.36 bits per heavy atom. The van der Waals surface area contributed by atoms with E-state index in [4.69, 9.17) is 11.5 Å². The molecule has 2 heterocycles. The molecule has 28 heavy (non-hydrogen) atoms. The molecule has 0 spiro atoms. The Hall–Kier alpha value is -3.09. The van der Waals surface area contributed by atoms with Gasteiger partial charge < -0.3 is 15.1 Å². The molecule has 0 saturated heterocycles. The summed E-state index contributed by atoms with van der Waals surface area (Å²) in [7, 11) is -2.39. The van der Waals surface area contributed by atoms with Crippen LogP contribution in [-0.2, 0) is 21.2 Å². The quantitative estimate of drug-likeness (QED) is 0.520. The molecule has 9 heteroatoms. The van der Waals surface area contributed by atoms with Gasteiger partial charge in [0, 0.05) is 36.0 Å². The molecule has 3 rings (SSSR count). The van der Waals surface area contributed by atoms with Gasteiger partial charge in [-0.2, -0.15) is 4.31 Å². The Kier molecular flexibility index (Phi) is 5.27. The van der Waals surface area contributed by atoms with Crippen molar-refractivity contribution in [2.45, 2.75) is 24.2 Å². The number of hydrogen-bond donors (Lipinski definition) is 3. The smallest absolute Gasteiger partial charge is 0.303 e. The van der Waals surface area contributed by atoms with E-state index in [1.807, 2.05) is 0 Å². The Morgan fingerprint density at radius 2 is 2.11 bits per heavy atom. The zero-order valence-electron chi connectivity index (χ0n) is 15.2. The minimum atomic E-state index is -3.78. The van der Waals surface area contributed by atoms with Crippen molar-refractivity contribution in [3.63, 3.8) is 0 Å². The van der Waals surface area contributed by atoms with Crippen LogP contribution in [0.15, 0.2) is 34.1 Å². The number of H-pyrrole nitrogens is 2. The monoisotopic (exact) mass is 401 g/mol. The highest BCUT2D eigenvalue weighted by Gasteiger charge is 2.21. The first kappa shape index (κ1) is 19.7. The predicted molar refractivity (Wildman–Crippen MR) is 106 cm³/mol. The first-order valence-corrected chi connectivity index (χ1v) is 9.97. The number of nitrogens with one attached hydrogen (secondary N) is 2. The van der Waals surface area contributed by atoms with Gasteiger partial charge in [0.15, 0.2) is 0 Å². The number of aromatic nitrogens is 2. The van der Waals surface area contributed by atoms with Crippen LogP contribution in [0.3, 0.4) is 0 Å². The molecule has 2 aromatic heterocycles. The summed E-state index contributed by atoms with van der Waals surface area (Å²) < 4.78 is 26.5. The van der Waals surface area contributed by atoms with Gasteiger partial charge in [-0.1, -0.05) is 5.92 Å². The number of carboxylic acid groups (broad SMARTS) is 1. The lowest BCUT2D eigenvalue weighted by molar-refractivity contribution is -0.137.